The van der Waals surface area contributed by atoms with Gasteiger partial charge in [0.05, 0.1) is 17.9 Å². The normalized spacial score (nSPS) is 10.6. The zero-order chi connectivity index (χ0) is 18.7. The average Bonchev–Trinajstić information content (AvgIpc) is 2.62. The Morgan fingerprint density at radius 2 is 1.69 bits per heavy atom. The second kappa shape index (κ2) is 7.24. The van der Waals surface area contributed by atoms with Gasteiger partial charge in [-0.05, 0) is 35.9 Å². The van der Waals surface area contributed by atoms with Crippen LogP contribution in [0.5, 0.6) is 0 Å². The summed E-state index contributed by atoms with van der Waals surface area (Å²) in [5.74, 6) is -3.01. The Morgan fingerprint density at radius 3 is 2.27 bits per heavy atom. The minimum Gasteiger partial charge on any atom is -0.476 e. The molecular formula is C18H13F2N3O3. The van der Waals surface area contributed by atoms with E-state index in [-0.39, 0.29) is 18.0 Å². The van der Waals surface area contributed by atoms with Gasteiger partial charge in [0, 0.05) is 5.69 Å². The number of carboxylic acids is 1. The largest absolute Gasteiger partial charge is 0.476 e. The predicted octanol–water partition coefficient (Wildman–Crippen LogP) is 3.36. The quantitative estimate of drug-likeness (QED) is 0.648. The SMILES string of the molecule is O=C(O)c1nnc(-c2c(F)cccc2F)cc1Nc1ccc(CO)cc1. The van der Waals surface area contributed by atoms with Gasteiger partial charge >= 0.3 is 5.97 Å². The number of aliphatic hydroxyl groups is 1. The van der Waals surface area contributed by atoms with Crippen molar-refractivity contribution in [1.29, 1.82) is 0 Å². The number of anilines is 2. The summed E-state index contributed by atoms with van der Waals surface area (Å²) >= 11 is 0. The standard InChI is InChI=1S/C18H13F2N3O3/c19-12-2-1-3-13(20)16(12)14-8-15(17(18(25)26)23-22-14)21-11-6-4-10(9-24)5-7-11/h1-8,24H,9H2,(H,21,22)(H,25,26). The van der Waals surface area contributed by atoms with E-state index < -0.39 is 28.9 Å². The fourth-order valence-corrected chi connectivity index (χ4v) is 2.36. The van der Waals surface area contributed by atoms with Crippen molar-refractivity contribution < 1.29 is 23.8 Å². The number of carbonyl (C=O) groups is 1. The minimum absolute atomic E-state index is 0.0295. The van der Waals surface area contributed by atoms with Crippen molar-refractivity contribution in [2.24, 2.45) is 0 Å². The summed E-state index contributed by atoms with van der Waals surface area (Å²) in [6.45, 7) is -0.131. The first kappa shape index (κ1) is 17.4. The van der Waals surface area contributed by atoms with Gasteiger partial charge in [0.25, 0.3) is 0 Å². The number of benzene rings is 2. The van der Waals surface area contributed by atoms with Crippen LogP contribution in [0, 0.1) is 11.6 Å². The first-order valence-electron chi connectivity index (χ1n) is 7.52. The van der Waals surface area contributed by atoms with Crippen LogP contribution in [0.2, 0.25) is 0 Å². The third-order valence-corrected chi connectivity index (χ3v) is 3.63. The molecule has 3 aromatic rings. The molecule has 0 saturated carbocycles. The van der Waals surface area contributed by atoms with Crippen LogP contribution in [0.1, 0.15) is 16.1 Å². The number of hydrogen-bond acceptors (Lipinski definition) is 5. The second-order valence-corrected chi connectivity index (χ2v) is 5.37. The number of carboxylic acid groups (broad SMARTS) is 1. The van der Waals surface area contributed by atoms with E-state index in [0.717, 1.165) is 12.1 Å². The summed E-state index contributed by atoms with van der Waals surface area (Å²) in [5, 5.41) is 28.4. The van der Waals surface area contributed by atoms with Crippen molar-refractivity contribution in [2.45, 2.75) is 6.61 Å². The van der Waals surface area contributed by atoms with Gasteiger partial charge in [-0.25, -0.2) is 13.6 Å². The summed E-state index contributed by atoms with van der Waals surface area (Å²) in [7, 11) is 0. The van der Waals surface area contributed by atoms with Crippen LogP contribution < -0.4 is 5.32 Å². The topological polar surface area (TPSA) is 95.3 Å². The highest BCUT2D eigenvalue weighted by atomic mass is 19.1. The number of hydrogen-bond donors (Lipinski definition) is 3. The Morgan fingerprint density at radius 1 is 1.04 bits per heavy atom. The maximum Gasteiger partial charge on any atom is 0.358 e. The molecule has 0 amide bonds. The summed E-state index contributed by atoms with van der Waals surface area (Å²) in [6.07, 6.45) is 0. The van der Waals surface area contributed by atoms with Gasteiger partial charge in [-0.2, -0.15) is 0 Å². The number of nitrogens with zero attached hydrogens (tertiary/aromatic N) is 2. The van der Waals surface area contributed by atoms with E-state index in [2.05, 4.69) is 15.5 Å². The highest BCUT2D eigenvalue weighted by Gasteiger charge is 2.19. The molecule has 6 nitrogen and oxygen atoms in total. The number of halogens is 2. The van der Waals surface area contributed by atoms with Crippen LogP contribution >= 0.6 is 0 Å². The van der Waals surface area contributed by atoms with E-state index in [0.29, 0.717) is 11.3 Å². The maximum absolute atomic E-state index is 14.0. The number of aromatic nitrogens is 2. The van der Waals surface area contributed by atoms with Crippen LogP contribution in [0.3, 0.4) is 0 Å². The van der Waals surface area contributed by atoms with Gasteiger partial charge in [0.15, 0.2) is 5.69 Å². The van der Waals surface area contributed by atoms with Crippen molar-refractivity contribution in [2.75, 3.05) is 5.32 Å². The zero-order valence-corrected chi connectivity index (χ0v) is 13.3. The van der Waals surface area contributed by atoms with E-state index in [1.165, 1.54) is 12.1 Å². The summed E-state index contributed by atoms with van der Waals surface area (Å²) in [6, 6.07) is 11.1. The predicted molar refractivity (Wildman–Crippen MR) is 90.0 cm³/mol. The van der Waals surface area contributed by atoms with Gasteiger partial charge in [0.1, 0.15) is 17.3 Å². The molecule has 0 saturated heterocycles. The number of nitrogens with one attached hydrogen (secondary N) is 1. The first-order chi connectivity index (χ1) is 12.5. The molecular weight excluding hydrogens is 344 g/mol. The maximum atomic E-state index is 14.0. The van der Waals surface area contributed by atoms with E-state index in [9.17, 15) is 18.7 Å². The molecule has 1 heterocycles. The van der Waals surface area contributed by atoms with Crippen molar-refractivity contribution in [3.8, 4) is 11.3 Å². The Balaban J connectivity index is 2.05. The molecule has 0 bridgehead atoms. The van der Waals surface area contributed by atoms with Gasteiger partial charge in [-0.3, -0.25) is 0 Å². The van der Waals surface area contributed by atoms with E-state index in [4.69, 9.17) is 5.11 Å². The molecule has 0 unspecified atom stereocenters. The highest BCUT2D eigenvalue weighted by molar-refractivity contribution is 5.93. The van der Waals surface area contributed by atoms with Crippen LogP contribution in [0.15, 0.2) is 48.5 Å². The summed E-state index contributed by atoms with van der Waals surface area (Å²) in [4.78, 5) is 11.4. The lowest BCUT2D eigenvalue weighted by molar-refractivity contribution is 0.0690. The van der Waals surface area contributed by atoms with Crippen molar-refractivity contribution >= 4 is 17.3 Å². The van der Waals surface area contributed by atoms with Crippen molar-refractivity contribution in [1.82, 2.24) is 10.2 Å². The smallest absolute Gasteiger partial charge is 0.358 e. The lowest BCUT2D eigenvalue weighted by Crippen LogP contribution is -2.08. The molecule has 0 atom stereocenters. The van der Waals surface area contributed by atoms with E-state index in [1.54, 1.807) is 24.3 Å². The molecule has 2 aromatic carbocycles. The molecule has 0 spiro atoms. The Kier molecular flexibility index (Phi) is 4.85. The average molecular weight is 357 g/mol. The second-order valence-electron chi connectivity index (χ2n) is 5.37. The molecule has 0 radical (unpaired) electrons. The van der Waals surface area contributed by atoms with Crippen LogP contribution in [0.25, 0.3) is 11.3 Å². The Labute approximate surface area is 146 Å². The lowest BCUT2D eigenvalue weighted by Gasteiger charge is -2.11. The minimum atomic E-state index is -1.34. The molecule has 26 heavy (non-hydrogen) atoms. The fraction of sp³-hybridized carbons (Fsp3) is 0.0556. The molecule has 3 rings (SSSR count). The van der Waals surface area contributed by atoms with E-state index >= 15 is 0 Å². The third kappa shape index (κ3) is 3.50. The van der Waals surface area contributed by atoms with Gasteiger partial charge in [0.2, 0.25) is 0 Å². The van der Waals surface area contributed by atoms with Crippen LogP contribution in [-0.2, 0) is 6.61 Å². The number of aromatic carboxylic acids is 1. The molecule has 0 fully saturated rings. The summed E-state index contributed by atoms with van der Waals surface area (Å²) < 4.78 is 27.9. The molecule has 132 valence electrons. The van der Waals surface area contributed by atoms with Crippen LogP contribution in [0.4, 0.5) is 20.2 Å². The van der Waals surface area contributed by atoms with Crippen molar-refractivity contribution in [3.05, 3.63) is 71.4 Å². The molecule has 0 aliphatic rings. The number of aliphatic hydroxyl groups excluding tert-OH is 1. The highest BCUT2D eigenvalue weighted by Crippen LogP contribution is 2.28. The summed E-state index contributed by atoms with van der Waals surface area (Å²) in [5.41, 5.74) is 0.294. The molecule has 8 heteroatoms. The molecule has 0 aliphatic carbocycles. The Hall–Kier alpha value is -3.39. The molecule has 3 N–H and O–H groups in total. The monoisotopic (exact) mass is 357 g/mol. The lowest BCUT2D eigenvalue weighted by atomic mass is 10.1. The zero-order valence-electron chi connectivity index (χ0n) is 13.3. The van der Waals surface area contributed by atoms with Crippen LogP contribution in [-0.4, -0.2) is 26.4 Å². The van der Waals surface area contributed by atoms with Crippen molar-refractivity contribution in [3.63, 3.8) is 0 Å². The third-order valence-electron chi connectivity index (χ3n) is 3.63. The number of rotatable bonds is 5. The first-order valence-corrected chi connectivity index (χ1v) is 7.52. The molecule has 0 aliphatic heterocycles. The van der Waals surface area contributed by atoms with Gasteiger partial charge in [-0.15, -0.1) is 10.2 Å². The van der Waals surface area contributed by atoms with Gasteiger partial charge in [-0.1, -0.05) is 18.2 Å². The van der Waals surface area contributed by atoms with Gasteiger partial charge < -0.3 is 15.5 Å². The fourth-order valence-electron chi connectivity index (χ4n) is 2.36. The molecule has 1 aromatic heterocycles. The Bertz CT molecular complexity index is 942. The van der Waals surface area contributed by atoms with E-state index in [1.807, 2.05) is 0 Å².